The van der Waals surface area contributed by atoms with Crippen molar-refractivity contribution in [3.8, 4) is 5.75 Å². The van der Waals surface area contributed by atoms with Gasteiger partial charge in [0.2, 0.25) is 0 Å². The Balaban J connectivity index is 2.88. The Kier molecular flexibility index (Phi) is 4.49. The van der Waals surface area contributed by atoms with E-state index >= 15 is 0 Å². The summed E-state index contributed by atoms with van der Waals surface area (Å²) in [6.45, 7) is 1.56. The minimum absolute atomic E-state index is 0.358. The van der Waals surface area contributed by atoms with Crippen molar-refractivity contribution in [3.05, 3.63) is 28.2 Å². The van der Waals surface area contributed by atoms with Gasteiger partial charge in [0.25, 0.3) is 0 Å². The number of rotatable bonds is 4. The van der Waals surface area contributed by atoms with Gasteiger partial charge in [-0.15, -0.1) is 0 Å². The largest absolute Gasteiger partial charge is 0.478 e. The highest BCUT2D eigenvalue weighted by Gasteiger charge is 2.16. The molecule has 0 N–H and O–H groups in total. The zero-order valence-corrected chi connectivity index (χ0v) is 10.5. The zero-order valence-electron chi connectivity index (χ0n) is 8.90. The van der Waals surface area contributed by atoms with Crippen LogP contribution >= 0.6 is 15.9 Å². The molecule has 0 aliphatic heterocycles. The first kappa shape index (κ1) is 12.7. The van der Waals surface area contributed by atoms with Gasteiger partial charge in [-0.2, -0.15) is 0 Å². The number of aldehydes is 1. The van der Waals surface area contributed by atoms with Crippen LogP contribution in [-0.2, 0) is 9.53 Å². The number of hydrogen-bond acceptors (Lipinski definition) is 4. The van der Waals surface area contributed by atoms with Crippen LogP contribution in [0.15, 0.2) is 22.7 Å². The van der Waals surface area contributed by atoms with Crippen molar-refractivity contribution in [2.24, 2.45) is 0 Å². The molecule has 86 valence electrons. The first-order chi connectivity index (χ1) is 7.58. The molecule has 0 aromatic heterocycles. The fourth-order valence-corrected chi connectivity index (χ4v) is 1.50. The quantitative estimate of drug-likeness (QED) is 0.629. The second kappa shape index (κ2) is 5.65. The van der Waals surface area contributed by atoms with Gasteiger partial charge in [0.1, 0.15) is 5.75 Å². The molecule has 4 nitrogen and oxygen atoms in total. The van der Waals surface area contributed by atoms with Gasteiger partial charge in [-0.3, -0.25) is 4.79 Å². The Hall–Kier alpha value is -1.36. The van der Waals surface area contributed by atoms with Gasteiger partial charge >= 0.3 is 5.97 Å². The maximum atomic E-state index is 11.1. The number of carbonyl (C=O) groups is 2. The highest BCUT2D eigenvalue weighted by atomic mass is 79.9. The number of ether oxygens (including phenoxy) is 2. The van der Waals surface area contributed by atoms with E-state index in [1.165, 1.54) is 7.11 Å². The van der Waals surface area contributed by atoms with E-state index in [9.17, 15) is 9.59 Å². The summed E-state index contributed by atoms with van der Waals surface area (Å²) in [6, 6.07) is 4.96. The van der Waals surface area contributed by atoms with E-state index in [1.54, 1.807) is 25.1 Å². The van der Waals surface area contributed by atoms with Crippen molar-refractivity contribution in [1.29, 1.82) is 0 Å². The molecule has 0 saturated carbocycles. The van der Waals surface area contributed by atoms with Crippen molar-refractivity contribution < 1.29 is 19.1 Å². The van der Waals surface area contributed by atoms with Crippen LogP contribution in [0.4, 0.5) is 0 Å². The molecule has 1 aromatic rings. The van der Waals surface area contributed by atoms with E-state index in [-0.39, 0.29) is 0 Å². The van der Waals surface area contributed by atoms with Crippen molar-refractivity contribution >= 4 is 28.2 Å². The second-order valence-electron chi connectivity index (χ2n) is 3.08. The molecular formula is C11H11BrO4. The lowest BCUT2D eigenvalue weighted by Gasteiger charge is -2.13. The SMILES string of the molecule is COC(=O)[C@@H](C)Oc1ccc(Br)cc1C=O. The third-order valence-electron chi connectivity index (χ3n) is 1.94. The molecule has 0 amide bonds. The molecule has 0 spiro atoms. The lowest BCUT2D eigenvalue weighted by molar-refractivity contribution is -0.147. The minimum atomic E-state index is -0.745. The van der Waals surface area contributed by atoms with E-state index in [4.69, 9.17) is 4.74 Å². The van der Waals surface area contributed by atoms with Gasteiger partial charge in [-0.05, 0) is 25.1 Å². The van der Waals surface area contributed by atoms with E-state index in [1.807, 2.05) is 0 Å². The molecule has 0 heterocycles. The summed E-state index contributed by atoms with van der Waals surface area (Å²) < 4.78 is 10.6. The van der Waals surface area contributed by atoms with Crippen LogP contribution in [0.5, 0.6) is 5.75 Å². The minimum Gasteiger partial charge on any atom is -0.478 e. The Morgan fingerprint density at radius 2 is 2.19 bits per heavy atom. The van der Waals surface area contributed by atoms with Gasteiger partial charge in [0, 0.05) is 4.47 Å². The highest BCUT2D eigenvalue weighted by molar-refractivity contribution is 9.10. The summed E-state index contributed by atoms with van der Waals surface area (Å²) in [4.78, 5) is 21.9. The van der Waals surface area contributed by atoms with E-state index in [0.29, 0.717) is 17.6 Å². The summed E-state index contributed by atoms with van der Waals surface area (Å²) in [5.74, 6) is -0.129. The number of benzene rings is 1. The number of hydrogen-bond donors (Lipinski definition) is 0. The van der Waals surface area contributed by atoms with Crippen molar-refractivity contribution in [2.75, 3.05) is 7.11 Å². The topological polar surface area (TPSA) is 52.6 Å². The molecule has 0 saturated heterocycles. The smallest absolute Gasteiger partial charge is 0.346 e. The van der Waals surface area contributed by atoms with E-state index in [0.717, 1.165) is 4.47 Å². The standard InChI is InChI=1S/C11H11BrO4/c1-7(11(14)15-2)16-10-4-3-9(12)5-8(10)6-13/h3-7H,1-2H3/t7-/m1/s1. The van der Waals surface area contributed by atoms with Crippen LogP contribution in [0.2, 0.25) is 0 Å². The van der Waals surface area contributed by atoms with Crippen LogP contribution in [0.3, 0.4) is 0 Å². The molecule has 1 aromatic carbocycles. The Morgan fingerprint density at radius 1 is 1.50 bits per heavy atom. The van der Waals surface area contributed by atoms with Crippen molar-refractivity contribution in [2.45, 2.75) is 13.0 Å². The molecule has 0 radical (unpaired) electrons. The molecule has 0 aliphatic carbocycles. The Labute approximate surface area is 102 Å². The molecule has 16 heavy (non-hydrogen) atoms. The van der Waals surface area contributed by atoms with Gasteiger partial charge in [0.15, 0.2) is 12.4 Å². The maximum Gasteiger partial charge on any atom is 0.346 e. The van der Waals surface area contributed by atoms with Gasteiger partial charge in [-0.25, -0.2) is 4.79 Å². The summed E-state index contributed by atoms with van der Waals surface area (Å²) in [5.41, 5.74) is 0.380. The Morgan fingerprint density at radius 3 is 2.75 bits per heavy atom. The Bertz CT molecular complexity index is 403. The second-order valence-corrected chi connectivity index (χ2v) is 4.00. The third kappa shape index (κ3) is 3.06. The summed E-state index contributed by atoms with van der Waals surface area (Å²) >= 11 is 3.24. The van der Waals surface area contributed by atoms with Crippen LogP contribution in [0.1, 0.15) is 17.3 Å². The monoisotopic (exact) mass is 286 g/mol. The predicted octanol–water partition coefficient (Wildman–Crippen LogP) is 2.20. The van der Waals surface area contributed by atoms with Crippen molar-refractivity contribution in [1.82, 2.24) is 0 Å². The summed E-state index contributed by atoms with van der Waals surface area (Å²) in [6.07, 6.45) is -0.0748. The fraction of sp³-hybridized carbons (Fsp3) is 0.273. The van der Waals surface area contributed by atoms with Crippen LogP contribution in [0.25, 0.3) is 0 Å². The number of esters is 1. The van der Waals surface area contributed by atoms with Gasteiger partial charge in [-0.1, -0.05) is 15.9 Å². The van der Waals surface area contributed by atoms with Crippen LogP contribution in [-0.4, -0.2) is 25.5 Å². The van der Waals surface area contributed by atoms with Crippen molar-refractivity contribution in [3.63, 3.8) is 0 Å². The molecule has 0 bridgehead atoms. The molecule has 0 unspecified atom stereocenters. The van der Waals surface area contributed by atoms with E-state index < -0.39 is 12.1 Å². The van der Waals surface area contributed by atoms with Gasteiger partial charge in [0.05, 0.1) is 12.7 Å². The molecule has 0 aliphatic rings. The molecule has 1 rings (SSSR count). The molecular weight excluding hydrogens is 276 g/mol. The third-order valence-corrected chi connectivity index (χ3v) is 2.43. The lowest BCUT2D eigenvalue weighted by atomic mass is 10.2. The van der Waals surface area contributed by atoms with E-state index in [2.05, 4.69) is 20.7 Å². The molecule has 0 fully saturated rings. The molecule has 1 atom stereocenters. The average molecular weight is 287 g/mol. The highest BCUT2D eigenvalue weighted by Crippen LogP contribution is 2.22. The zero-order chi connectivity index (χ0) is 12.1. The van der Waals surface area contributed by atoms with Crippen LogP contribution in [0, 0.1) is 0 Å². The summed E-state index contributed by atoms with van der Waals surface area (Å²) in [5, 5.41) is 0. The predicted molar refractivity (Wildman–Crippen MR) is 61.6 cm³/mol. The van der Waals surface area contributed by atoms with Gasteiger partial charge < -0.3 is 9.47 Å². The average Bonchev–Trinajstić information content (AvgIpc) is 2.30. The maximum absolute atomic E-state index is 11.1. The summed E-state index contributed by atoms with van der Waals surface area (Å²) in [7, 11) is 1.28. The lowest BCUT2D eigenvalue weighted by Crippen LogP contribution is -2.25. The number of halogens is 1. The van der Waals surface area contributed by atoms with Crippen LogP contribution < -0.4 is 4.74 Å². The first-order valence-electron chi connectivity index (χ1n) is 4.57. The molecule has 5 heteroatoms. The fourth-order valence-electron chi connectivity index (χ4n) is 1.12. The normalized spacial score (nSPS) is 11.7. The first-order valence-corrected chi connectivity index (χ1v) is 5.37. The number of methoxy groups -OCH3 is 1. The number of carbonyl (C=O) groups excluding carboxylic acids is 2.